The highest BCUT2D eigenvalue weighted by molar-refractivity contribution is 7.10. The van der Waals surface area contributed by atoms with E-state index in [0.717, 1.165) is 16.2 Å². The molecule has 1 aromatic heterocycles. The van der Waals surface area contributed by atoms with E-state index in [1.807, 2.05) is 18.2 Å². The lowest BCUT2D eigenvalue weighted by atomic mass is 10.2. The molecule has 6 heteroatoms. The topological polar surface area (TPSA) is 58.6 Å². The van der Waals surface area contributed by atoms with Crippen LogP contribution in [0.15, 0.2) is 29.6 Å². The first-order valence-electron chi connectivity index (χ1n) is 5.94. The van der Waals surface area contributed by atoms with Gasteiger partial charge in [-0.05, 0) is 18.2 Å². The van der Waals surface area contributed by atoms with Crippen molar-refractivity contribution in [1.82, 2.24) is 5.32 Å². The maximum Gasteiger partial charge on any atom is 0.336 e. The molecule has 4 nitrogen and oxygen atoms in total. The number of halogens is 1. The second-order valence-electron chi connectivity index (χ2n) is 4.13. The molecule has 0 saturated carbocycles. The Labute approximate surface area is 126 Å². The number of carbonyl (C=O) groups is 1. The highest BCUT2D eigenvalue weighted by Crippen LogP contribution is 2.26. The zero-order chi connectivity index (χ0) is 14.5. The standard InChI is InChI=1S/C14H14ClNO3S/c1-19-13-4-2-3-12(15)11(13)7-16-6-10-5-9(8-20-10)14(17)18/h2-5,8,16H,6-7H2,1H3,(H,17,18). The van der Waals surface area contributed by atoms with Crippen LogP contribution in [0, 0.1) is 0 Å². The zero-order valence-electron chi connectivity index (χ0n) is 10.9. The number of ether oxygens (including phenoxy) is 1. The zero-order valence-corrected chi connectivity index (χ0v) is 12.4. The molecule has 0 saturated heterocycles. The number of nitrogens with one attached hydrogen (secondary N) is 1. The average Bonchev–Trinajstić information content (AvgIpc) is 2.89. The summed E-state index contributed by atoms with van der Waals surface area (Å²) in [5.74, 6) is -0.164. The van der Waals surface area contributed by atoms with Gasteiger partial charge in [-0.3, -0.25) is 0 Å². The Balaban J connectivity index is 1.97. The lowest BCUT2D eigenvalue weighted by Gasteiger charge is -2.10. The van der Waals surface area contributed by atoms with Crippen molar-refractivity contribution in [3.05, 3.63) is 50.7 Å². The van der Waals surface area contributed by atoms with Crippen LogP contribution in [0.5, 0.6) is 5.75 Å². The minimum Gasteiger partial charge on any atom is -0.496 e. The number of methoxy groups -OCH3 is 1. The Morgan fingerprint density at radius 2 is 2.25 bits per heavy atom. The third-order valence-electron chi connectivity index (χ3n) is 2.80. The van der Waals surface area contributed by atoms with Crippen LogP contribution in [0.3, 0.4) is 0 Å². The fraction of sp³-hybridized carbons (Fsp3) is 0.214. The SMILES string of the molecule is COc1cccc(Cl)c1CNCc1cc(C(=O)O)cs1. The Kier molecular flexibility index (Phi) is 5.00. The van der Waals surface area contributed by atoms with Gasteiger partial charge < -0.3 is 15.2 Å². The van der Waals surface area contributed by atoms with Crippen LogP contribution in [0.2, 0.25) is 5.02 Å². The minimum absolute atomic E-state index is 0.321. The summed E-state index contributed by atoms with van der Waals surface area (Å²) in [5.41, 5.74) is 1.22. The molecule has 0 aliphatic carbocycles. The predicted octanol–water partition coefficient (Wildman–Crippen LogP) is 3.40. The van der Waals surface area contributed by atoms with E-state index in [1.165, 1.54) is 11.3 Å². The molecule has 0 spiro atoms. The van der Waals surface area contributed by atoms with E-state index in [9.17, 15) is 4.79 Å². The first kappa shape index (κ1) is 14.8. The molecule has 0 aliphatic rings. The number of aromatic carboxylic acids is 1. The van der Waals surface area contributed by atoms with Crippen molar-refractivity contribution >= 4 is 28.9 Å². The summed E-state index contributed by atoms with van der Waals surface area (Å²) < 4.78 is 5.26. The van der Waals surface area contributed by atoms with Gasteiger partial charge in [0.2, 0.25) is 0 Å². The summed E-state index contributed by atoms with van der Waals surface area (Å²) in [6.07, 6.45) is 0. The summed E-state index contributed by atoms with van der Waals surface area (Å²) in [5, 5.41) is 14.4. The van der Waals surface area contributed by atoms with Gasteiger partial charge in [-0.15, -0.1) is 11.3 Å². The maximum absolute atomic E-state index is 10.8. The van der Waals surface area contributed by atoms with Gasteiger partial charge in [0.25, 0.3) is 0 Å². The highest BCUT2D eigenvalue weighted by Gasteiger charge is 2.09. The first-order chi connectivity index (χ1) is 9.61. The first-order valence-corrected chi connectivity index (χ1v) is 7.20. The molecule has 106 valence electrons. The molecule has 0 unspecified atom stereocenters. The number of rotatable bonds is 6. The summed E-state index contributed by atoms with van der Waals surface area (Å²) >= 11 is 7.56. The number of carboxylic acid groups (broad SMARTS) is 1. The Bertz CT molecular complexity index is 612. The van der Waals surface area contributed by atoms with Crippen LogP contribution in [-0.2, 0) is 13.1 Å². The van der Waals surface area contributed by atoms with E-state index >= 15 is 0 Å². The van der Waals surface area contributed by atoms with E-state index < -0.39 is 5.97 Å². The fourth-order valence-electron chi connectivity index (χ4n) is 1.80. The summed E-state index contributed by atoms with van der Waals surface area (Å²) in [6.45, 7) is 1.15. The van der Waals surface area contributed by atoms with Crippen molar-refractivity contribution in [3.8, 4) is 5.75 Å². The van der Waals surface area contributed by atoms with Crippen molar-refractivity contribution in [3.63, 3.8) is 0 Å². The molecule has 2 N–H and O–H groups in total. The van der Waals surface area contributed by atoms with Crippen molar-refractivity contribution in [1.29, 1.82) is 0 Å². The summed E-state index contributed by atoms with van der Waals surface area (Å²) in [4.78, 5) is 11.8. The third kappa shape index (κ3) is 3.50. The molecule has 20 heavy (non-hydrogen) atoms. The average molecular weight is 312 g/mol. The van der Waals surface area contributed by atoms with Gasteiger partial charge in [0.1, 0.15) is 5.75 Å². The number of carboxylic acids is 1. The Morgan fingerprint density at radius 3 is 2.90 bits per heavy atom. The summed E-state index contributed by atoms with van der Waals surface area (Å²) in [6, 6.07) is 7.18. The Hall–Kier alpha value is -1.56. The van der Waals surface area contributed by atoms with Crippen LogP contribution in [0.4, 0.5) is 0 Å². The quantitative estimate of drug-likeness (QED) is 0.858. The summed E-state index contributed by atoms with van der Waals surface area (Å²) in [7, 11) is 1.60. The molecule has 0 atom stereocenters. The molecule has 2 aromatic rings. The van der Waals surface area contributed by atoms with Crippen molar-refractivity contribution in [2.24, 2.45) is 0 Å². The molecule has 1 heterocycles. The number of hydrogen-bond acceptors (Lipinski definition) is 4. The highest BCUT2D eigenvalue weighted by atomic mass is 35.5. The lowest BCUT2D eigenvalue weighted by Crippen LogP contribution is -2.13. The van der Waals surface area contributed by atoms with Crippen LogP contribution < -0.4 is 10.1 Å². The van der Waals surface area contributed by atoms with Crippen LogP contribution >= 0.6 is 22.9 Å². The van der Waals surface area contributed by atoms with Crippen LogP contribution in [-0.4, -0.2) is 18.2 Å². The number of benzene rings is 1. The van der Waals surface area contributed by atoms with Gasteiger partial charge in [0.05, 0.1) is 12.7 Å². The molecule has 0 bridgehead atoms. The minimum atomic E-state index is -0.903. The smallest absolute Gasteiger partial charge is 0.336 e. The number of hydrogen-bond donors (Lipinski definition) is 2. The molecule has 0 radical (unpaired) electrons. The second kappa shape index (κ2) is 6.74. The van der Waals surface area contributed by atoms with Gasteiger partial charge in [-0.2, -0.15) is 0 Å². The van der Waals surface area contributed by atoms with Crippen LogP contribution in [0.25, 0.3) is 0 Å². The fourth-order valence-corrected chi connectivity index (χ4v) is 2.86. The van der Waals surface area contributed by atoms with Gasteiger partial charge in [-0.25, -0.2) is 4.79 Å². The van der Waals surface area contributed by atoms with E-state index in [2.05, 4.69) is 5.32 Å². The normalized spacial score (nSPS) is 10.5. The Morgan fingerprint density at radius 1 is 1.45 bits per heavy atom. The number of thiophene rings is 1. The van der Waals surface area contributed by atoms with E-state index in [1.54, 1.807) is 18.6 Å². The van der Waals surface area contributed by atoms with Crippen molar-refractivity contribution in [2.75, 3.05) is 7.11 Å². The molecule has 0 fully saturated rings. The van der Waals surface area contributed by atoms with Crippen LogP contribution in [0.1, 0.15) is 20.8 Å². The van der Waals surface area contributed by atoms with Gasteiger partial charge >= 0.3 is 5.97 Å². The molecular weight excluding hydrogens is 298 g/mol. The van der Waals surface area contributed by atoms with E-state index in [0.29, 0.717) is 23.7 Å². The largest absolute Gasteiger partial charge is 0.496 e. The van der Waals surface area contributed by atoms with Gasteiger partial charge in [0.15, 0.2) is 0 Å². The van der Waals surface area contributed by atoms with E-state index in [-0.39, 0.29) is 0 Å². The molecule has 1 aromatic carbocycles. The monoisotopic (exact) mass is 311 g/mol. The molecule has 0 amide bonds. The van der Waals surface area contributed by atoms with Crippen molar-refractivity contribution in [2.45, 2.75) is 13.1 Å². The van der Waals surface area contributed by atoms with E-state index in [4.69, 9.17) is 21.4 Å². The third-order valence-corrected chi connectivity index (χ3v) is 4.09. The van der Waals surface area contributed by atoms with Gasteiger partial charge in [0, 0.05) is 33.9 Å². The second-order valence-corrected chi connectivity index (χ2v) is 5.53. The molecular formula is C14H14ClNO3S. The molecule has 0 aliphatic heterocycles. The van der Waals surface area contributed by atoms with Crippen molar-refractivity contribution < 1.29 is 14.6 Å². The maximum atomic E-state index is 10.8. The predicted molar refractivity (Wildman–Crippen MR) is 79.8 cm³/mol. The molecule has 2 rings (SSSR count). The lowest BCUT2D eigenvalue weighted by molar-refractivity contribution is 0.0697. The van der Waals surface area contributed by atoms with Gasteiger partial charge in [-0.1, -0.05) is 17.7 Å².